The maximum Gasteiger partial charge on any atom is 0.434 e. The molecule has 13 nitrogen and oxygen atoms in total. The second kappa shape index (κ2) is 12.8. The third-order valence-electron chi connectivity index (χ3n) is 4.51. The zero-order valence-electron chi connectivity index (χ0n) is 18.0. The lowest BCUT2D eigenvalue weighted by atomic mass is 9.98. The van der Waals surface area contributed by atoms with Crippen molar-refractivity contribution >= 4 is 30.0 Å². The lowest BCUT2D eigenvalue weighted by molar-refractivity contribution is -0.133. The van der Waals surface area contributed by atoms with E-state index in [4.69, 9.17) is 15.1 Å². The van der Waals surface area contributed by atoms with Crippen molar-refractivity contribution in [2.24, 2.45) is 4.99 Å². The molecular weight excluding hydrogens is 436 g/mol. The summed E-state index contributed by atoms with van der Waals surface area (Å²) >= 11 is 0. The van der Waals surface area contributed by atoms with Gasteiger partial charge in [-0.15, -0.1) is 4.99 Å². The number of aliphatic imine (C=N–C) groups is 1. The highest BCUT2D eigenvalue weighted by atomic mass is 16.6. The zero-order chi connectivity index (χ0) is 24.2. The van der Waals surface area contributed by atoms with Crippen molar-refractivity contribution in [3.8, 4) is 0 Å². The summed E-state index contributed by atoms with van der Waals surface area (Å²) in [5, 5.41) is 23.0. The van der Waals surface area contributed by atoms with E-state index in [1.807, 2.05) is 42.7 Å². The van der Waals surface area contributed by atoms with Crippen molar-refractivity contribution in [3.63, 3.8) is 0 Å². The average Bonchev–Trinajstić information content (AvgIpc) is 2.75. The van der Waals surface area contributed by atoms with Gasteiger partial charge < -0.3 is 15.5 Å². The Morgan fingerprint density at radius 3 is 2.58 bits per heavy atom. The second-order valence-electron chi connectivity index (χ2n) is 6.94. The third kappa shape index (κ3) is 8.96. The molecule has 178 valence electrons. The molecule has 0 unspecified atom stereocenters. The lowest BCUT2D eigenvalue weighted by Gasteiger charge is -2.30. The number of guanidine groups is 1. The van der Waals surface area contributed by atoms with Crippen LogP contribution in [-0.4, -0.2) is 64.9 Å². The molecular formula is C20H26N6O7. The SMILES string of the molecule is CC1=C(CC(=O)NCCONC(=NC(=O)O)NC(=O)O)C(=O)N(NCc2ccccc2)CC1. The van der Waals surface area contributed by atoms with E-state index >= 15 is 0 Å². The summed E-state index contributed by atoms with van der Waals surface area (Å²) < 4.78 is 0. The molecule has 0 spiro atoms. The molecule has 4 amide bonds. The van der Waals surface area contributed by atoms with Crippen LogP contribution in [0.1, 0.15) is 25.3 Å². The molecule has 0 aromatic heterocycles. The van der Waals surface area contributed by atoms with Gasteiger partial charge in [-0.1, -0.05) is 35.9 Å². The number of carboxylic acid groups (broad SMARTS) is 2. The van der Waals surface area contributed by atoms with Crippen LogP contribution < -0.4 is 21.5 Å². The van der Waals surface area contributed by atoms with E-state index in [0.717, 1.165) is 11.1 Å². The molecule has 0 fully saturated rings. The van der Waals surface area contributed by atoms with Crippen molar-refractivity contribution < 1.29 is 34.2 Å². The topological polar surface area (TPSA) is 182 Å². The Morgan fingerprint density at radius 1 is 1.18 bits per heavy atom. The van der Waals surface area contributed by atoms with Gasteiger partial charge in [-0.2, -0.15) is 0 Å². The predicted octanol–water partition coefficient (Wildman–Crippen LogP) is 0.569. The minimum Gasteiger partial charge on any atom is -0.465 e. The van der Waals surface area contributed by atoms with Crippen molar-refractivity contribution in [2.45, 2.75) is 26.3 Å². The largest absolute Gasteiger partial charge is 0.465 e. The molecule has 0 aliphatic carbocycles. The van der Waals surface area contributed by atoms with Crippen molar-refractivity contribution in [3.05, 3.63) is 47.0 Å². The van der Waals surface area contributed by atoms with Crippen LogP contribution in [0.5, 0.6) is 0 Å². The summed E-state index contributed by atoms with van der Waals surface area (Å²) in [5.41, 5.74) is 7.42. The monoisotopic (exact) mass is 462 g/mol. The number of amides is 4. The van der Waals surface area contributed by atoms with Gasteiger partial charge in [0.25, 0.3) is 5.91 Å². The molecule has 1 aliphatic heterocycles. The van der Waals surface area contributed by atoms with Gasteiger partial charge in [0.05, 0.1) is 13.0 Å². The molecule has 0 saturated heterocycles. The van der Waals surface area contributed by atoms with Crippen LogP contribution in [0, 0.1) is 0 Å². The molecule has 1 aromatic rings. The highest BCUT2D eigenvalue weighted by Gasteiger charge is 2.26. The number of hydroxylamine groups is 1. The Bertz CT molecular complexity index is 932. The van der Waals surface area contributed by atoms with Crippen LogP contribution in [-0.2, 0) is 21.0 Å². The summed E-state index contributed by atoms with van der Waals surface area (Å²) in [6.07, 6.45) is -2.62. The molecule has 0 bridgehead atoms. The number of nitrogens with zero attached hydrogens (tertiary/aromatic N) is 2. The number of carbonyl (C=O) groups is 4. The van der Waals surface area contributed by atoms with E-state index in [0.29, 0.717) is 25.1 Å². The standard InChI is InChI=1S/C20H26N6O7/c1-13-7-9-26(22-12-14-5-3-2-4-6-14)17(28)15(13)11-16(27)21-8-10-33-25-18(23-19(29)30)24-20(31)32/h2-6,22H,7-12H2,1H3,(H,21,27)(H,29,30)(H,31,32)(H2,23,24,25). The summed E-state index contributed by atoms with van der Waals surface area (Å²) in [7, 11) is 0. The Hall–Kier alpha value is -3.97. The number of nitrogens with one attached hydrogen (secondary N) is 4. The molecule has 0 radical (unpaired) electrons. The van der Waals surface area contributed by atoms with E-state index in [-0.39, 0.29) is 25.5 Å². The summed E-state index contributed by atoms with van der Waals surface area (Å²) in [6, 6.07) is 9.63. The van der Waals surface area contributed by atoms with Gasteiger partial charge in [-0.3, -0.25) is 24.8 Å². The quantitative estimate of drug-likeness (QED) is 0.132. The van der Waals surface area contributed by atoms with Crippen LogP contribution >= 0.6 is 0 Å². The third-order valence-corrected chi connectivity index (χ3v) is 4.51. The highest BCUT2D eigenvalue weighted by Crippen LogP contribution is 2.20. The fourth-order valence-corrected chi connectivity index (χ4v) is 2.89. The first-order valence-electron chi connectivity index (χ1n) is 10.00. The molecule has 13 heteroatoms. The average molecular weight is 462 g/mol. The fraction of sp³-hybridized carbons (Fsp3) is 0.350. The lowest BCUT2D eigenvalue weighted by Crippen LogP contribution is -2.47. The minimum absolute atomic E-state index is 0.0236. The van der Waals surface area contributed by atoms with Crippen molar-refractivity contribution in [1.82, 2.24) is 26.5 Å². The molecule has 33 heavy (non-hydrogen) atoms. The predicted molar refractivity (Wildman–Crippen MR) is 116 cm³/mol. The Kier molecular flexibility index (Phi) is 9.80. The Labute approximate surface area is 189 Å². The van der Waals surface area contributed by atoms with Gasteiger partial charge in [-0.25, -0.2) is 20.5 Å². The van der Waals surface area contributed by atoms with Crippen LogP contribution in [0.25, 0.3) is 0 Å². The van der Waals surface area contributed by atoms with Crippen molar-refractivity contribution in [2.75, 3.05) is 19.7 Å². The number of hydrogen-bond donors (Lipinski definition) is 6. The normalized spacial score (nSPS) is 14.2. The summed E-state index contributed by atoms with van der Waals surface area (Å²) in [5.74, 6) is -1.29. The zero-order valence-corrected chi connectivity index (χ0v) is 18.0. The van der Waals surface area contributed by atoms with E-state index in [9.17, 15) is 19.2 Å². The molecule has 0 saturated carbocycles. The van der Waals surface area contributed by atoms with E-state index in [1.165, 1.54) is 5.01 Å². The fourth-order valence-electron chi connectivity index (χ4n) is 2.89. The second-order valence-corrected chi connectivity index (χ2v) is 6.94. The molecule has 0 atom stereocenters. The molecule has 1 aliphatic rings. The van der Waals surface area contributed by atoms with Crippen molar-refractivity contribution in [1.29, 1.82) is 0 Å². The molecule has 2 rings (SSSR count). The van der Waals surface area contributed by atoms with Crippen LogP contribution in [0.2, 0.25) is 0 Å². The maximum atomic E-state index is 12.8. The van der Waals surface area contributed by atoms with Gasteiger partial charge in [-0.05, 0) is 18.9 Å². The Morgan fingerprint density at radius 2 is 1.91 bits per heavy atom. The van der Waals surface area contributed by atoms with Gasteiger partial charge >= 0.3 is 12.2 Å². The molecule has 1 heterocycles. The first kappa shape index (κ1) is 25.3. The van der Waals surface area contributed by atoms with Crippen LogP contribution in [0.4, 0.5) is 9.59 Å². The number of rotatable bonds is 9. The first-order valence-corrected chi connectivity index (χ1v) is 10.00. The van der Waals surface area contributed by atoms with E-state index in [2.05, 4.69) is 15.7 Å². The number of hydrogen-bond acceptors (Lipinski definition) is 6. The van der Waals surface area contributed by atoms with Crippen LogP contribution in [0.3, 0.4) is 0 Å². The Balaban J connectivity index is 1.77. The minimum atomic E-state index is -1.63. The first-order chi connectivity index (χ1) is 15.8. The maximum absolute atomic E-state index is 12.8. The number of benzene rings is 1. The number of hydrazine groups is 1. The van der Waals surface area contributed by atoms with Gasteiger partial charge in [0.15, 0.2) is 0 Å². The van der Waals surface area contributed by atoms with Crippen LogP contribution in [0.15, 0.2) is 46.5 Å². The van der Waals surface area contributed by atoms with E-state index in [1.54, 1.807) is 5.32 Å². The van der Waals surface area contributed by atoms with Gasteiger partial charge in [0.1, 0.15) is 0 Å². The molecule has 1 aromatic carbocycles. The number of carbonyl (C=O) groups excluding carboxylic acids is 2. The van der Waals surface area contributed by atoms with Gasteiger partial charge in [0.2, 0.25) is 11.9 Å². The van der Waals surface area contributed by atoms with Gasteiger partial charge in [0, 0.05) is 25.2 Å². The highest BCUT2D eigenvalue weighted by molar-refractivity contribution is 5.99. The van der Waals surface area contributed by atoms with E-state index < -0.39 is 24.1 Å². The smallest absolute Gasteiger partial charge is 0.434 e. The summed E-state index contributed by atoms with van der Waals surface area (Å²) in [6.45, 7) is 2.71. The summed E-state index contributed by atoms with van der Waals surface area (Å²) in [4.78, 5) is 54.0. The molecule has 6 N–H and O–H groups in total.